The van der Waals surface area contributed by atoms with Gasteiger partial charge in [0.25, 0.3) is 0 Å². The van der Waals surface area contributed by atoms with Gasteiger partial charge in [-0.2, -0.15) is 0 Å². The van der Waals surface area contributed by atoms with Crippen LogP contribution in [0.5, 0.6) is 0 Å². The quantitative estimate of drug-likeness (QED) is 0.400. The minimum atomic E-state index is -0.314. The monoisotopic (exact) mass is 210 g/mol. The van der Waals surface area contributed by atoms with Crippen LogP contribution in [0.2, 0.25) is 0 Å². The molecule has 5 heteroatoms. The Kier molecular flexibility index (Phi) is 15.7. The molecule has 0 aliphatic carbocycles. The van der Waals surface area contributed by atoms with Crippen molar-refractivity contribution in [2.24, 2.45) is 17.6 Å². The van der Waals surface area contributed by atoms with E-state index in [1.807, 2.05) is 20.1 Å². The third kappa shape index (κ3) is 7.50. The molecule has 3 N–H and O–H groups in total. The van der Waals surface area contributed by atoms with Crippen molar-refractivity contribution in [3.05, 3.63) is 0 Å². The summed E-state index contributed by atoms with van der Waals surface area (Å²) in [6.07, 6.45) is 3.89. The Bertz CT molecular complexity index is 164. The van der Waals surface area contributed by atoms with Gasteiger partial charge < -0.3 is 16.0 Å². The molecule has 0 saturated heterocycles. The van der Waals surface area contributed by atoms with E-state index in [2.05, 4.69) is 0 Å². The van der Waals surface area contributed by atoms with E-state index in [0.29, 0.717) is 12.8 Å². The number of carbonyl (C=O) groups excluding carboxylic acids is 2. The average molecular weight is 210 g/mol. The minimum Gasteiger partial charge on any atom is -0.870 e. The molecule has 4 nitrogen and oxygen atoms in total. The summed E-state index contributed by atoms with van der Waals surface area (Å²) in [4.78, 5) is 21.1. The summed E-state index contributed by atoms with van der Waals surface area (Å²) in [5, 5.41) is 0. The van der Waals surface area contributed by atoms with Crippen molar-refractivity contribution in [2.75, 3.05) is 0 Å². The van der Waals surface area contributed by atoms with Crippen molar-refractivity contribution >= 4 is 12.2 Å². The van der Waals surface area contributed by atoms with Crippen molar-refractivity contribution in [1.29, 1.82) is 0 Å². The summed E-state index contributed by atoms with van der Waals surface area (Å²) < 4.78 is 0. The summed E-state index contributed by atoms with van der Waals surface area (Å²) in [5.41, 5.74) is 5.14. The Morgan fingerprint density at radius 2 is 1.86 bits per heavy atom. The molecular formula is C9H17NNaO3-. The summed E-state index contributed by atoms with van der Waals surface area (Å²) in [6.45, 7) is 3.80. The zero-order chi connectivity index (χ0) is 9.56. The van der Waals surface area contributed by atoms with Gasteiger partial charge in [0.1, 0.15) is 0 Å². The van der Waals surface area contributed by atoms with Crippen LogP contribution in [0, 0.1) is 11.8 Å². The van der Waals surface area contributed by atoms with Crippen molar-refractivity contribution in [1.82, 2.24) is 0 Å². The fourth-order valence-corrected chi connectivity index (χ4v) is 1.13. The van der Waals surface area contributed by atoms with Crippen molar-refractivity contribution in [3.8, 4) is 0 Å². The molecule has 78 valence electrons. The first kappa shape index (κ1) is 19.6. The molecule has 0 aromatic carbocycles. The van der Waals surface area contributed by atoms with Gasteiger partial charge in [0.15, 0.2) is 0 Å². The van der Waals surface area contributed by atoms with E-state index in [0.717, 1.165) is 6.42 Å². The Hall–Kier alpha value is 0.1000. The van der Waals surface area contributed by atoms with Crippen molar-refractivity contribution in [3.63, 3.8) is 0 Å². The molecule has 2 unspecified atom stereocenters. The fourth-order valence-electron chi connectivity index (χ4n) is 1.13. The molecule has 0 rings (SSSR count). The van der Waals surface area contributed by atoms with Crippen LogP contribution in [0.25, 0.3) is 0 Å². The molecule has 0 heterocycles. The topological polar surface area (TPSA) is 90.2 Å². The van der Waals surface area contributed by atoms with Crippen LogP contribution in [-0.2, 0) is 9.59 Å². The van der Waals surface area contributed by atoms with Gasteiger partial charge in [-0.1, -0.05) is 26.7 Å². The third-order valence-corrected chi connectivity index (χ3v) is 2.12. The Labute approximate surface area is 107 Å². The van der Waals surface area contributed by atoms with Gasteiger partial charge in [0.2, 0.25) is 5.91 Å². The zero-order valence-electron chi connectivity index (χ0n) is 9.12. The van der Waals surface area contributed by atoms with Crippen LogP contribution in [-0.4, -0.2) is 17.7 Å². The molecule has 1 amide bonds. The van der Waals surface area contributed by atoms with E-state index in [9.17, 15) is 9.59 Å². The number of hydrogen-bond acceptors (Lipinski definition) is 3. The third-order valence-electron chi connectivity index (χ3n) is 2.12. The van der Waals surface area contributed by atoms with Gasteiger partial charge in [-0.05, 0) is 6.42 Å². The maximum atomic E-state index is 10.8. The predicted octanol–water partition coefficient (Wildman–Crippen LogP) is -2.15. The van der Waals surface area contributed by atoms with E-state index in [1.165, 1.54) is 0 Å². The second-order valence-corrected chi connectivity index (χ2v) is 2.97. The maximum absolute atomic E-state index is 10.8. The molecule has 0 aromatic heterocycles. The molecule has 2 atom stereocenters. The second kappa shape index (κ2) is 11.2. The van der Waals surface area contributed by atoms with Gasteiger partial charge in [0, 0.05) is 5.92 Å². The van der Waals surface area contributed by atoms with Crippen LogP contribution < -0.4 is 35.3 Å². The molecular weight excluding hydrogens is 193 g/mol. The normalized spacial score (nSPS) is 13.0. The van der Waals surface area contributed by atoms with Gasteiger partial charge in [0.05, 0.1) is 0 Å². The number of primary amides is 1. The van der Waals surface area contributed by atoms with Crippen LogP contribution in [0.1, 0.15) is 33.1 Å². The predicted molar refractivity (Wildman–Crippen MR) is 49.0 cm³/mol. The molecule has 0 radical (unpaired) electrons. The maximum Gasteiger partial charge on any atom is 1.00 e. The van der Waals surface area contributed by atoms with Crippen LogP contribution >= 0.6 is 0 Å². The Morgan fingerprint density at radius 3 is 2.07 bits per heavy atom. The summed E-state index contributed by atoms with van der Waals surface area (Å²) in [6, 6.07) is 0. The fraction of sp³-hybridized carbons (Fsp3) is 0.778. The SMILES string of the molecule is CCC([C-]=O)CC(CC)C(N)=O.[Na+].[OH-]. The van der Waals surface area contributed by atoms with Crippen LogP contribution in [0.15, 0.2) is 0 Å². The molecule has 0 bridgehead atoms. The zero-order valence-corrected chi connectivity index (χ0v) is 11.1. The minimum absolute atomic E-state index is 0. The summed E-state index contributed by atoms with van der Waals surface area (Å²) in [5.74, 6) is -0.620. The number of hydrogen-bond donors (Lipinski definition) is 1. The first-order valence-electron chi connectivity index (χ1n) is 4.32. The van der Waals surface area contributed by atoms with E-state index >= 15 is 0 Å². The van der Waals surface area contributed by atoms with Gasteiger partial charge in [-0.25, -0.2) is 0 Å². The van der Waals surface area contributed by atoms with Gasteiger partial charge >= 0.3 is 29.6 Å². The smallest absolute Gasteiger partial charge is 0.870 e. The molecule has 0 aromatic rings. The molecule has 0 aliphatic heterocycles. The molecule has 0 fully saturated rings. The number of amides is 1. The summed E-state index contributed by atoms with van der Waals surface area (Å²) in [7, 11) is 0. The Morgan fingerprint density at radius 1 is 1.36 bits per heavy atom. The standard InChI is InChI=1S/C9H16NO2.Na.H2O/c1-3-7(6-11)5-8(4-2)9(10)12;;/h7-8H,3-5H2,1-2H3,(H2,10,12);;1H2/q-1;+1;/p-1. The molecule has 0 spiro atoms. The van der Waals surface area contributed by atoms with Crippen LogP contribution in [0.4, 0.5) is 0 Å². The van der Waals surface area contributed by atoms with Crippen molar-refractivity contribution < 1.29 is 44.6 Å². The summed E-state index contributed by atoms with van der Waals surface area (Å²) >= 11 is 0. The van der Waals surface area contributed by atoms with E-state index in [4.69, 9.17) is 5.73 Å². The number of rotatable bonds is 6. The Balaban J connectivity index is -0.000000605. The van der Waals surface area contributed by atoms with E-state index < -0.39 is 0 Å². The van der Waals surface area contributed by atoms with E-state index in [1.54, 1.807) is 0 Å². The first-order chi connectivity index (χ1) is 5.65. The molecule has 14 heavy (non-hydrogen) atoms. The largest absolute Gasteiger partial charge is 1.00 e. The first-order valence-corrected chi connectivity index (χ1v) is 4.32. The number of nitrogens with two attached hydrogens (primary N) is 1. The van der Waals surface area contributed by atoms with E-state index in [-0.39, 0.29) is 52.8 Å². The van der Waals surface area contributed by atoms with Gasteiger partial charge in [-0.15, -0.1) is 5.92 Å². The molecule has 0 saturated carbocycles. The second-order valence-electron chi connectivity index (χ2n) is 2.97. The average Bonchev–Trinajstić information content (AvgIpc) is 2.06. The van der Waals surface area contributed by atoms with Crippen molar-refractivity contribution in [2.45, 2.75) is 33.1 Å². The molecule has 0 aliphatic rings. The number of carbonyl (C=O) groups is 1. The van der Waals surface area contributed by atoms with Gasteiger partial charge in [-0.3, -0.25) is 11.1 Å². The van der Waals surface area contributed by atoms with Crippen LogP contribution in [0.3, 0.4) is 0 Å².